The van der Waals surface area contributed by atoms with Crippen molar-refractivity contribution in [2.45, 2.75) is 52.5 Å². The minimum Gasteiger partial charge on any atom is -0.348 e. The molecule has 0 bridgehead atoms. The van der Waals surface area contributed by atoms with E-state index in [0.717, 1.165) is 33.4 Å². The quantitative estimate of drug-likeness (QED) is 0.516. The Hall–Kier alpha value is -3.12. The van der Waals surface area contributed by atoms with Gasteiger partial charge in [-0.25, -0.2) is 8.42 Å². The van der Waals surface area contributed by atoms with Gasteiger partial charge in [0.1, 0.15) is 6.54 Å². The molecule has 1 N–H and O–H groups in total. The van der Waals surface area contributed by atoms with Gasteiger partial charge in [-0.3, -0.25) is 9.10 Å². The fourth-order valence-corrected chi connectivity index (χ4v) is 5.51. The van der Waals surface area contributed by atoms with E-state index in [-0.39, 0.29) is 23.4 Å². The van der Waals surface area contributed by atoms with Gasteiger partial charge >= 0.3 is 0 Å². The molecule has 0 saturated carbocycles. The van der Waals surface area contributed by atoms with Gasteiger partial charge < -0.3 is 5.32 Å². The normalized spacial score (nSPS) is 12.3. The maximum Gasteiger partial charge on any atom is 0.264 e. The number of carbonyl (C=O) groups excluding carboxylic acids is 1. The average molecular weight is 465 g/mol. The molecule has 0 aromatic heterocycles. The Morgan fingerprint density at radius 1 is 0.818 bits per heavy atom. The van der Waals surface area contributed by atoms with Crippen molar-refractivity contribution in [2.75, 3.05) is 10.8 Å². The Morgan fingerprint density at radius 3 is 1.94 bits per heavy atom. The van der Waals surface area contributed by atoms with Crippen molar-refractivity contribution in [2.24, 2.45) is 0 Å². The Morgan fingerprint density at radius 2 is 1.36 bits per heavy atom. The lowest BCUT2D eigenvalue weighted by molar-refractivity contribution is -0.120. The predicted octanol–water partition coefficient (Wildman–Crippen LogP) is 5.30. The number of hydrogen-bond acceptors (Lipinski definition) is 3. The highest BCUT2D eigenvalue weighted by atomic mass is 32.2. The van der Waals surface area contributed by atoms with Crippen molar-refractivity contribution in [3.63, 3.8) is 0 Å². The molecule has 0 radical (unpaired) electrons. The molecular weight excluding hydrogens is 432 g/mol. The van der Waals surface area contributed by atoms with Crippen molar-refractivity contribution in [1.29, 1.82) is 0 Å². The van der Waals surface area contributed by atoms with Crippen LogP contribution in [0, 0.1) is 34.6 Å². The van der Waals surface area contributed by atoms with Crippen molar-refractivity contribution >= 4 is 21.6 Å². The Bertz CT molecular complexity index is 1270. The van der Waals surface area contributed by atoms with Crippen LogP contribution in [0.1, 0.15) is 46.3 Å². The number of nitrogens with zero attached hydrogens (tertiary/aromatic N) is 1. The summed E-state index contributed by atoms with van der Waals surface area (Å²) >= 11 is 0. The second-order valence-electron chi connectivity index (χ2n) is 8.76. The second-order valence-corrected chi connectivity index (χ2v) is 10.6. The van der Waals surface area contributed by atoms with Gasteiger partial charge in [0, 0.05) is 0 Å². The summed E-state index contributed by atoms with van der Waals surface area (Å²) in [5.41, 5.74) is 6.52. The fourth-order valence-electron chi connectivity index (χ4n) is 4.03. The van der Waals surface area contributed by atoms with Crippen LogP contribution >= 0.6 is 0 Å². The van der Waals surface area contributed by atoms with Crippen LogP contribution in [0.2, 0.25) is 0 Å². The van der Waals surface area contributed by atoms with E-state index in [9.17, 15) is 13.2 Å². The van der Waals surface area contributed by atoms with Gasteiger partial charge in [-0.05, 0) is 76.4 Å². The van der Waals surface area contributed by atoms with E-state index in [1.807, 2.05) is 65.8 Å². The first-order valence-corrected chi connectivity index (χ1v) is 12.5. The smallest absolute Gasteiger partial charge is 0.264 e. The van der Waals surface area contributed by atoms with Gasteiger partial charge in [0.2, 0.25) is 5.91 Å². The van der Waals surface area contributed by atoms with Crippen LogP contribution in [0.5, 0.6) is 0 Å². The third-order valence-electron chi connectivity index (χ3n) is 5.79. The zero-order valence-electron chi connectivity index (χ0n) is 20.1. The molecule has 0 spiro atoms. The number of anilines is 1. The van der Waals surface area contributed by atoms with Crippen molar-refractivity contribution < 1.29 is 13.2 Å². The maximum absolute atomic E-state index is 13.6. The molecule has 3 aromatic carbocycles. The number of hydrogen-bond donors (Lipinski definition) is 1. The number of aryl methyl sites for hydroxylation is 5. The van der Waals surface area contributed by atoms with Crippen LogP contribution in [-0.2, 0) is 14.8 Å². The van der Waals surface area contributed by atoms with Crippen LogP contribution in [0.4, 0.5) is 5.69 Å². The minimum atomic E-state index is -3.94. The third kappa shape index (κ3) is 5.63. The summed E-state index contributed by atoms with van der Waals surface area (Å²) < 4.78 is 28.4. The van der Waals surface area contributed by atoms with Crippen molar-refractivity contribution in [1.82, 2.24) is 5.32 Å². The molecule has 0 saturated heterocycles. The lowest BCUT2D eigenvalue weighted by atomic mass is 10.0. The highest BCUT2D eigenvalue weighted by Crippen LogP contribution is 2.28. The predicted molar refractivity (Wildman–Crippen MR) is 134 cm³/mol. The standard InChI is InChI=1S/C27H32N2O3S/c1-18-7-11-24(12-8-18)33(31,32)29(26-14-10-20(3)16-22(26)5)17-27(30)28-23(6)25-13-9-19(2)15-21(25)4/h7-16,23H,17H2,1-6H3,(H,28,30). The first-order chi connectivity index (χ1) is 15.5. The molecule has 6 heteroatoms. The first kappa shape index (κ1) is 24.5. The molecule has 0 aliphatic carbocycles. The molecule has 1 amide bonds. The van der Waals surface area contributed by atoms with E-state index in [0.29, 0.717) is 5.69 Å². The Kier molecular flexibility index (Phi) is 7.28. The molecule has 3 rings (SSSR count). The summed E-state index contributed by atoms with van der Waals surface area (Å²) in [6, 6.07) is 18.0. The molecule has 1 atom stereocenters. The summed E-state index contributed by atoms with van der Waals surface area (Å²) in [7, 11) is -3.94. The fraction of sp³-hybridized carbons (Fsp3) is 0.296. The number of nitrogens with one attached hydrogen (secondary N) is 1. The van der Waals surface area contributed by atoms with Gasteiger partial charge in [0.05, 0.1) is 16.6 Å². The summed E-state index contributed by atoms with van der Waals surface area (Å²) in [5.74, 6) is -0.363. The molecule has 5 nitrogen and oxygen atoms in total. The summed E-state index contributed by atoms with van der Waals surface area (Å²) in [5, 5.41) is 2.98. The van der Waals surface area contributed by atoms with E-state index in [1.165, 1.54) is 4.31 Å². The molecule has 174 valence electrons. The number of carbonyl (C=O) groups is 1. The second kappa shape index (κ2) is 9.79. The molecule has 0 heterocycles. The van der Waals surface area contributed by atoms with Gasteiger partial charge in [-0.2, -0.15) is 0 Å². The number of amides is 1. The molecule has 3 aromatic rings. The lowest BCUT2D eigenvalue weighted by Crippen LogP contribution is -2.42. The van der Waals surface area contributed by atoms with Crippen LogP contribution in [-0.4, -0.2) is 20.9 Å². The van der Waals surface area contributed by atoms with Crippen LogP contribution in [0.3, 0.4) is 0 Å². The summed E-state index contributed by atoms with van der Waals surface area (Å²) in [4.78, 5) is 13.2. The minimum absolute atomic E-state index is 0.156. The molecule has 1 unspecified atom stereocenters. The molecular formula is C27H32N2O3S. The van der Waals surface area contributed by atoms with Crippen LogP contribution in [0.25, 0.3) is 0 Å². The van der Waals surface area contributed by atoms with E-state index >= 15 is 0 Å². The maximum atomic E-state index is 13.6. The number of benzene rings is 3. The van der Waals surface area contributed by atoms with Crippen molar-refractivity contribution in [3.8, 4) is 0 Å². The van der Waals surface area contributed by atoms with Gasteiger partial charge in [-0.15, -0.1) is 0 Å². The summed E-state index contributed by atoms with van der Waals surface area (Å²) in [6.45, 7) is 11.3. The van der Waals surface area contributed by atoms with Gasteiger partial charge in [0.15, 0.2) is 0 Å². The molecule has 0 aliphatic rings. The summed E-state index contributed by atoms with van der Waals surface area (Å²) in [6.07, 6.45) is 0. The molecule has 0 fully saturated rings. The zero-order chi connectivity index (χ0) is 24.3. The van der Waals surface area contributed by atoms with E-state index in [4.69, 9.17) is 0 Å². The topological polar surface area (TPSA) is 66.5 Å². The first-order valence-electron chi connectivity index (χ1n) is 11.0. The van der Waals surface area contributed by atoms with Crippen LogP contribution < -0.4 is 9.62 Å². The van der Waals surface area contributed by atoms with E-state index in [2.05, 4.69) is 11.4 Å². The SMILES string of the molecule is Cc1ccc(S(=O)(=O)N(CC(=O)NC(C)c2ccc(C)cc2C)c2ccc(C)cc2C)cc1. The monoisotopic (exact) mass is 464 g/mol. The van der Waals surface area contributed by atoms with Crippen LogP contribution in [0.15, 0.2) is 65.6 Å². The van der Waals surface area contributed by atoms with E-state index < -0.39 is 10.0 Å². The molecule has 33 heavy (non-hydrogen) atoms. The zero-order valence-corrected chi connectivity index (χ0v) is 21.0. The lowest BCUT2D eigenvalue weighted by Gasteiger charge is -2.27. The van der Waals surface area contributed by atoms with Crippen molar-refractivity contribution in [3.05, 3.63) is 94.0 Å². The largest absolute Gasteiger partial charge is 0.348 e. The Labute approximate surface area is 197 Å². The van der Waals surface area contributed by atoms with Gasteiger partial charge in [-0.1, -0.05) is 59.2 Å². The Balaban J connectivity index is 1.94. The average Bonchev–Trinajstić information content (AvgIpc) is 2.72. The third-order valence-corrected chi connectivity index (χ3v) is 7.56. The number of rotatable bonds is 7. The highest BCUT2D eigenvalue weighted by molar-refractivity contribution is 7.92. The van der Waals surface area contributed by atoms with E-state index in [1.54, 1.807) is 30.3 Å². The highest BCUT2D eigenvalue weighted by Gasteiger charge is 2.29. The van der Waals surface area contributed by atoms with Gasteiger partial charge in [0.25, 0.3) is 10.0 Å². The number of sulfonamides is 1. The molecule has 0 aliphatic heterocycles.